The number of carbonyl (C=O) groups is 1. The first kappa shape index (κ1) is 14.3. The van der Waals surface area contributed by atoms with E-state index in [4.69, 9.17) is 0 Å². The van der Waals surface area contributed by atoms with Gasteiger partial charge in [0.05, 0.1) is 6.54 Å². The number of rotatable bonds is 2. The van der Waals surface area contributed by atoms with E-state index >= 15 is 0 Å². The molecule has 5 nitrogen and oxygen atoms in total. The molecule has 100 valence electrons. The highest BCUT2D eigenvalue weighted by atomic mass is 16.4. The predicted octanol–water partition coefficient (Wildman–Crippen LogP) is 2.27. The van der Waals surface area contributed by atoms with Crippen molar-refractivity contribution in [3.63, 3.8) is 0 Å². The maximum atomic E-state index is 11.9. The van der Waals surface area contributed by atoms with Crippen LogP contribution in [0.25, 0.3) is 0 Å². The Labute approximate surface area is 106 Å². The average molecular weight is 252 g/mol. The molecule has 1 aromatic rings. The summed E-state index contributed by atoms with van der Waals surface area (Å²) in [4.78, 5) is 27.1. The summed E-state index contributed by atoms with van der Waals surface area (Å²) in [7, 11) is 0. The quantitative estimate of drug-likeness (QED) is 0.848. The maximum absolute atomic E-state index is 11.9. The van der Waals surface area contributed by atoms with Crippen LogP contribution in [-0.2, 0) is 6.54 Å². The number of H-pyrrole nitrogens is 1. The SMILES string of the molecule is Cc1cc(C)c(CN(C(=O)O)C(C)(C)C)c(=O)[nH]1. The van der Waals surface area contributed by atoms with Crippen LogP contribution in [0, 0.1) is 13.8 Å². The zero-order valence-corrected chi connectivity index (χ0v) is 11.5. The van der Waals surface area contributed by atoms with Crippen LogP contribution < -0.4 is 5.56 Å². The smallest absolute Gasteiger partial charge is 0.408 e. The fraction of sp³-hybridized carbons (Fsp3) is 0.538. The number of carboxylic acid groups (broad SMARTS) is 1. The summed E-state index contributed by atoms with van der Waals surface area (Å²) in [6.07, 6.45) is -1.03. The minimum Gasteiger partial charge on any atom is -0.465 e. The summed E-state index contributed by atoms with van der Waals surface area (Å²) in [5, 5.41) is 9.22. The minimum absolute atomic E-state index is 0.0975. The van der Waals surface area contributed by atoms with E-state index in [0.29, 0.717) is 5.56 Å². The first-order valence-electron chi connectivity index (χ1n) is 5.83. The molecule has 0 saturated heterocycles. The molecule has 18 heavy (non-hydrogen) atoms. The number of aryl methyl sites for hydroxylation is 2. The summed E-state index contributed by atoms with van der Waals surface area (Å²) >= 11 is 0. The predicted molar refractivity (Wildman–Crippen MR) is 69.9 cm³/mol. The Morgan fingerprint density at radius 3 is 2.33 bits per heavy atom. The molecule has 0 aliphatic heterocycles. The Balaban J connectivity index is 3.18. The first-order chi connectivity index (χ1) is 8.12. The standard InChI is InChI=1S/C13H20N2O3/c1-8-6-9(2)14-11(16)10(8)7-15(12(17)18)13(3,4)5/h6H,7H2,1-5H3,(H,14,16)(H,17,18). The Morgan fingerprint density at radius 1 is 1.39 bits per heavy atom. The Morgan fingerprint density at radius 2 is 1.94 bits per heavy atom. The topological polar surface area (TPSA) is 73.4 Å². The summed E-state index contributed by atoms with van der Waals surface area (Å²) in [5.41, 5.74) is 1.32. The molecule has 0 atom stereocenters. The summed E-state index contributed by atoms with van der Waals surface area (Å²) in [6.45, 7) is 9.13. The zero-order chi connectivity index (χ0) is 14.1. The van der Waals surface area contributed by atoms with Gasteiger partial charge in [0, 0.05) is 16.8 Å². The van der Waals surface area contributed by atoms with Crippen molar-refractivity contribution in [2.75, 3.05) is 0 Å². The van der Waals surface area contributed by atoms with Crippen molar-refractivity contribution >= 4 is 6.09 Å². The van der Waals surface area contributed by atoms with Gasteiger partial charge in [-0.1, -0.05) is 0 Å². The molecule has 0 bridgehead atoms. The monoisotopic (exact) mass is 252 g/mol. The number of nitrogens with one attached hydrogen (secondary N) is 1. The highest BCUT2D eigenvalue weighted by Crippen LogP contribution is 2.17. The molecule has 0 spiro atoms. The molecule has 2 N–H and O–H groups in total. The number of aromatic nitrogens is 1. The molecule has 0 aliphatic carbocycles. The Hall–Kier alpha value is -1.78. The van der Waals surface area contributed by atoms with Crippen LogP contribution >= 0.6 is 0 Å². The summed E-state index contributed by atoms with van der Waals surface area (Å²) < 4.78 is 0. The lowest BCUT2D eigenvalue weighted by Gasteiger charge is -2.33. The first-order valence-corrected chi connectivity index (χ1v) is 5.83. The lowest BCUT2D eigenvalue weighted by atomic mass is 10.0. The van der Waals surface area contributed by atoms with Crippen LogP contribution in [0.15, 0.2) is 10.9 Å². The van der Waals surface area contributed by atoms with Gasteiger partial charge in [-0.25, -0.2) is 4.79 Å². The second kappa shape index (κ2) is 4.84. The molecule has 0 fully saturated rings. The van der Waals surface area contributed by atoms with Crippen molar-refractivity contribution in [2.24, 2.45) is 0 Å². The number of hydrogen-bond acceptors (Lipinski definition) is 2. The van der Waals surface area contributed by atoms with E-state index in [0.717, 1.165) is 11.3 Å². The molecule has 1 amide bonds. The highest BCUT2D eigenvalue weighted by molar-refractivity contribution is 5.66. The second-order valence-corrected chi connectivity index (χ2v) is 5.48. The third-order valence-corrected chi connectivity index (χ3v) is 2.85. The van der Waals surface area contributed by atoms with Crippen molar-refractivity contribution in [3.8, 4) is 0 Å². The fourth-order valence-electron chi connectivity index (χ4n) is 1.83. The Bertz CT molecular complexity index is 512. The summed E-state index contributed by atoms with van der Waals surface area (Å²) in [6, 6.07) is 1.85. The molecule has 0 aromatic carbocycles. The minimum atomic E-state index is -1.03. The normalized spacial score (nSPS) is 11.4. The van der Waals surface area contributed by atoms with Gasteiger partial charge in [0.2, 0.25) is 0 Å². The highest BCUT2D eigenvalue weighted by Gasteiger charge is 2.27. The van der Waals surface area contributed by atoms with Gasteiger partial charge in [-0.15, -0.1) is 0 Å². The molecule has 0 aliphatic rings. The van der Waals surface area contributed by atoms with Crippen molar-refractivity contribution in [2.45, 2.75) is 46.7 Å². The fourth-order valence-corrected chi connectivity index (χ4v) is 1.83. The van der Waals surface area contributed by atoms with E-state index in [2.05, 4.69) is 4.98 Å². The third-order valence-electron chi connectivity index (χ3n) is 2.85. The van der Waals surface area contributed by atoms with Crippen molar-refractivity contribution in [1.82, 2.24) is 9.88 Å². The summed E-state index contributed by atoms with van der Waals surface area (Å²) in [5.74, 6) is 0. The van der Waals surface area contributed by atoms with Gasteiger partial charge in [-0.05, 0) is 46.2 Å². The van der Waals surface area contributed by atoms with Crippen LogP contribution in [0.5, 0.6) is 0 Å². The zero-order valence-electron chi connectivity index (χ0n) is 11.5. The van der Waals surface area contributed by atoms with Gasteiger partial charge in [0.1, 0.15) is 0 Å². The van der Waals surface area contributed by atoms with Crippen LogP contribution in [0.4, 0.5) is 4.79 Å². The van der Waals surface area contributed by atoms with Gasteiger partial charge in [0.25, 0.3) is 5.56 Å². The van der Waals surface area contributed by atoms with E-state index in [1.54, 1.807) is 27.7 Å². The number of nitrogens with zero attached hydrogens (tertiary/aromatic N) is 1. The van der Waals surface area contributed by atoms with Crippen LogP contribution in [0.2, 0.25) is 0 Å². The van der Waals surface area contributed by atoms with E-state index in [-0.39, 0.29) is 12.1 Å². The van der Waals surface area contributed by atoms with Crippen LogP contribution in [0.3, 0.4) is 0 Å². The molecular weight excluding hydrogens is 232 g/mol. The molecule has 1 heterocycles. The Kier molecular flexibility index (Phi) is 3.84. The van der Waals surface area contributed by atoms with Crippen LogP contribution in [-0.4, -0.2) is 26.6 Å². The molecular formula is C13H20N2O3. The van der Waals surface area contributed by atoms with Crippen molar-refractivity contribution in [1.29, 1.82) is 0 Å². The molecule has 0 radical (unpaired) electrons. The number of aromatic amines is 1. The lowest BCUT2D eigenvalue weighted by molar-refractivity contribution is 0.0952. The van der Waals surface area contributed by atoms with E-state index in [1.807, 2.05) is 13.0 Å². The maximum Gasteiger partial charge on any atom is 0.408 e. The van der Waals surface area contributed by atoms with Gasteiger partial charge in [0.15, 0.2) is 0 Å². The lowest BCUT2D eigenvalue weighted by Crippen LogP contribution is -2.45. The van der Waals surface area contributed by atoms with Crippen LogP contribution in [0.1, 0.15) is 37.6 Å². The molecule has 1 rings (SSSR count). The van der Waals surface area contributed by atoms with E-state index in [9.17, 15) is 14.7 Å². The molecule has 5 heteroatoms. The number of hydrogen-bond donors (Lipinski definition) is 2. The van der Waals surface area contributed by atoms with E-state index in [1.165, 1.54) is 4.90 Å². The van der Waals surface area contributed by atoms with Gasteiger partial charge in [-0.3, -0.25) is 9.69 Å². The molecule has 0 unspecified atom stereocenters. The number of pyridine rings is 1. The molecule has 0 saturated carbocycles. The van der Waals surface area contributed by atoms with E-state index < -0.39 is 11.6 Å². The largest absolute Gasteiger partial charge is 0.465 e. The van der Waals surface area contributed by atoms with Gasteiger partial charge < -0.3 is 10.1 Å². The second-order valence-electron chi connectivity index (χ2n) is 5.48. The van der Waals surface area contributed by atoms with Gasteiger partial charge in [-0.2, -0.15) is 0 Å². The molecule has 1 aromatic heterocycles. The third kappa shape index (κ3) is 3.12. The average Bonchev–Trinajstić information content (AvgIpc) is 2.12. The van der Waals surface area contributed by atoms with Crippen molar-refractivity contribution in [3.05, 3.63) is 33.2 Å². The number of amides is 1. The van der Waals surface area contributed by atoms with Crippen molar-refractivity contribution < 1.29 is 9.90 Å². The van der Waals surface area contributed by atoms with Gasteiger partial charge >= 0.3 is 6.09 Å².